The lowest BCUT2D eigenvalue weighted by Crippen LogP contribution is -2.50. The van der Waals surface area contributed by atoms with Crippen LogP contribution < -0.4 is 5.32 Å². The first-order valence-electron chi connectivity index (χ1n) is 7.43. The molecule has 120 valence electrons. The van der Waals surface area contributed by atoms with E-state index in [1.54, 1.807) is 28.6 Å². The minimum absolute atomic E-state index is 0.143. The van der Waals surface area contributed by atoms with E-state index in [0.717, 1.165) is 42.3 Å². The van der Waals surface area contributed by atoms with Gasteiger partial charge in [-0.05, 0) is 39.7 Å². The molecule has 1 aromatic heterocycles. The molecule has 0 fully saturated rings. The molecule has 7 heteroatoms. The molecule has 0 bridgehead atoms. The van der Waals surface area contributed by atoms with E-state index in [1.807, 2.05) is 13.8 Å². The predicted octanol–water partition coefficient (Wildman–Crippen LogP) is 3.12. The van der Waals surface area contributed by atoms with E-state index in [1.165, 1.54) is 0 Å². The number of esters is 1. The fourth-order valence-corrected chi connectivity index (χ4v) is 3.48. The fraction of sp³-hybridized carbons (Fsp3) is 0.786. The standard InChI is InChI=1S/C14H25N3O2S2/c1-4-9-15-14(3,12(18)19-5-2)8-6-7-10-20-13-17-16-11-21-13/h11,15H,4-10H2,1-3H3. The van der Waals surface area contributed by atoms with Crippen molar-refractivity contribution in [1.29, 1.82) is 0 Å². The molecule has 1 aromatic rings. The number of aromatic nitrogens is 2. The van der Waals surface area contributed by atoms with Crippen LogP contribution in [0.1, 0.15) is 46.5 Å². The Morgan fingerprint density at radius 1 is 1.48 bits per heavy atom. The Balaban J connectivity index is 2.32. The molecule has 0 amide bonds. The van der Waals surface area contributed by atoms with Crippen molar-refractivity contribution in [2.45, 2.75) is 56.3 Å². The van der Waals surface area contributed by atoms with E-state index in [9.17, 15) is 4.79 Å². The molecule has 1 unspecified atom stereocenters. The zero-order chi connectivity index (χ0) is 15.6. The zero-order valence-corrected chi connectivity index (χ0v) is 14.7. The molecule has 0 aliphatic heterocycles. The molecule has 0 aliphatic carbocycles. The van der Waals surface area contributed by atoms with Gasteiger partial charge in [0.2, 0.25) is 0 Å². The third kappa shape index (κ3) is 6.76. The van der Waals surface area contributed by atoms with Gasteiger partial charge in [0, 0.05) is 5.75 Å². The highest BCUT2D eigenvalue weighted by molar-refractivity contribution is 8.00. The quantitative estimate of drug-likeness (QED) is 0.382. The second kappa shape index (κ2) is 10.1. The van der Waals surface area contributed by atoms with Crippen LogP contribution in [-0.4, -0.2) is 40.6 Å². The number of thioether (sulfide) groups is 1. The van der Waals surface area contributed by atoms with Gasteiger partial charge in [-0.25, -0.2) is 0 Å². The summed E-state index contributed by atoms with van der Waals surface area (Å²) in [5.41, 5.74) is 1.17. The number of nitrogens with one attached hydrogen (secondary N) is 1. The Kier molecular flexibility index (Phi) is 8.87. The normalized spacial score (nSPS) is 13.9. The molecule has 21 heavy (non-hydrogen) atoms. The third-order valence-corrected chi connectivity index (χ3v) is 5.07. The lowest BCUT2D eigenvalue weighted by Gasteiger charge is -2.28. The summed E-state index contributed by atoms with van der Waals surface area (Å²) < 4.78 is 6.20. The van der Waals surface area contributed by atoms with E-state index in [-0.39, 0.29) is 5.97 Å². The van der Waals surface area contributed by atoms with E-state index >= 15 is 0 Å². The number of hydrogen-bond donors (Lipinski definition) is 1. The van der Waals surface area contributed by atoms with Gasteiger partial charge in [0.25, 0.3) is 0 Å². The molecule has 1 N–H and O–H groups in total. The summed E-state index contributed by atoms with van der Waals surface area (Å²) in [5, 5.41) is 11.1. The molecule has 1 atom stereocenters. The maximum absolute atomic E-state index is 12.1. The molecule has 0 spiro atoms. The second-order valence-corrected chi connectivity index (χ2v) is 7.16. The van der Waals surface area contributed by atoms with Crippen LogP contribution in [0.2, 0.25) is 0 Å². The van der Waals surface area contributed by atoms with Crippen LogP contribution in [0.3, 0.4) is 0 Å². The fourth-order valence-electron chi connectivity index (χ4n) is 1.92. The maximum Gasteiger partial charge on any atom is 0.326 e. The van der Waals surface area contributed by atoms with Crippen LogP contribution >= 0.6 is 23.1 Å². The van der Waals surface area contributed by atoms with E-state index in [4.69, 9.17) is 4.74 Å². The highest BCUT2D eigenvalue weighted by atomic mass is 32.2. The van der Waals surface area contributed by atoms with Crippen LogP contribution in [0, 0.1) is 0 Å². The first-order chi connectivity index (χ1) is 10.1. The van der Waals surface area contributed by atoms with Crippen molar-refractivity contribution in [2.75, 3.05) is 18.9 Å². The van der Waals surface area contributed by atoms with Crippen LogP contribution in [-0.2, 0) is 9.53 Å². The Hall–Kier alpha value is -0.660. The number of rotatable bonds is 11. The van der Waals surface area contributed by atoms with E-state index in [2.05, 4.69) is 22.4 Å². The summed E-state index contributed by atoms with van der Waals surface area (Å²) in [6.07, 6.45) is 3.83. The Labute approximate surface area is 135 Å². The van der Waals surface area contributed by atoms with Crippen molar-refractivity contribution in [3.8, 4) is 0 Å². The number of carbonyl (C=O) groups excluding carboxylic acids is 1. The number of hydrogen-bond acceptors (Lipinski definition) is 7. The number of nitrogens with zero attached hydrogens (tertiary/aromatic N) is 2. The Morgan fingerprint density at radius 2 is 2.29 bits per heavy atom. The van der Waals surface area contributed by atoms with E-state index < -0.39 is 5.54 Å². The lowest BCUT2D eigenvalue weighted by atomic mass is 9.95. The molecule has 0 saturated heterocycles. The van der Waals surface area contributed by atoms with Crippen molar-refractivity contribution < 1.29 is 9.53 Å². The number of ether oxygens (including phenoxy) is 1. The summed E-state index contributed by atoms with van der Waals surface area (Å²) in [5.74, 6) is 0.859. The molecule has 1 heterocycles. The summed E-state index contributed by atoms with van der Waals surface area (Å²) >= 11 is 3.29. The lowest BCUT2D eigenvalue weighted by molar-refractivity contribution is -0.150. The van der Waals surface area contributed by atoms with Gasteiger partial charge in [-0.15, -0.1) is 10.2 Å². The second-order valence-electron chi connectivity index (χ2n) is 4.99. The van der Waals surface area contributed by atoms with Gasteiger partial charge in [0.15, 0.2) is 4.34 Å². The van der Waals surface area contributed by atoms with Crippen molar-refractivity contribution in [3.05, 3.63) is 5.51 Å². The van der Waals surface area contributed by atoms with Crippen molar-refractivity contribution in [3.63, 3.8) is 0 Å². The van der Waals surface area contributed by atoms with Gasteiger partial charge in [-0.2, -0.15) is 0 Å². The first kappa shape index (κ1) is 18.4. The SMILES string of the molecule is CCCNC(C)(CCCCSc1nncs1)C(=O)OCC. The van der Waals surface area contributed by atoms with Gasteiger partial charge in [-0.3, -0.25) is 4.79 Å². The van der Waals surface area contributed by atoms with Gasteiger partial charge >= 0.3 is 5.97 Å². The van der Waals surface area contributed by atoms with Crippen LogP contribution in [0.15, 0.2) is 9.85 Å². The average molecular weight is 332 g/mol. The van der Waals surface area contributed by atoms with Crippen molar-refractivity contribution >= 4 is 29.1 Å². The highest BCUT2D eigenvalue weighted by Crippen LogP contribution is 2.22. The highest BCUT2D eigenvalue weighted by Gasteiger charge is 2.33. The van der Waals surface area contributed by atoms with Crippen LogP contribution in [0.5, 0.6) is 0 Å². The number of unbranched alkanes of at least 4 members (excludes halogenated alkanes) is 1. The minimum atomic E-state index is -0.570. The van der Waals surface area contributed by atoms with Crippen LogP contribution in [0.4, 0.5) is 0 Å². The molecule has 0 aliphatic rings. The van der Waals surface area contributed by atoms with Gasteiger partial charge in [-0.1, -0.05) is 36.4 Å². The summed E-state index contributed by atoms with van der Waals surface area (Å²) in [6, 6.07) is 0. The molecule has 5 nitrogen and oxygen atoms in total. The summed E-state index contributed by atoms with van der Waals surface area (Å²) in [6.45, 7) is 7.14. The Morgan fingerprint density at radius 3 is 2.90 bits per heavy atom. The monoisotopic (exact) mass is 331 g/mol. The number of carbonyl (C=O) groups is 1. The summed E-state index contributed by atoms with van der Waals surface area (Å²) in [4.78, 5) is 12.1. The maximum atomic E-state index is 12.1. The van der Waals surface area contributed by atoms with Gasteiger partial charge < -0.3 is 10.1 Å². The molecular weight excluding hydrogens is 306 g/mol. The molecule has 0 aromatic carbocycles. The van der Waals surface area contributed by atoms with Crippen LogP contribution in [0.25, 0.3) is 0 Å². The Bertz CT molecular complexity index is 401. The summed E-state index contributed by atoms with van der Waals surface area (Å²) in [7, 11) is 0. The van der Waals surface area contributed by atoms with Gasteiger partial charge in [0.05, 0.1) is 6.61 Å². The molecule has 1 rings (SSSR count). The average Bonchev–Trinajstić information content (AvgIpc) is 2.98. The van der Waals surface area contributed by atoms with Crippen molar-refractivity contribution in [2.24, 2.45) is 0 Å². The van der Waals surface area contributed by atoms with Gasteiger partial charge in [0.1, 0.15) is 11.0 Å². The topological polar surface area (TPSA) is 64.1 Å². The molecule has 0 radical (unpaired) electrons. The smallest absolute Gasteiger partial charge is 0.326 e. The van der Waals surface area contributed by atoms with E-state index in [0.29, 0.717) is 6.61 Å². The minimum Gasteiger partial charge on any atom is -0.465 e. The third-order valence-electron chi connectivity index (χ3n) is 3.13. The first-order valence-corrected chi connectivity index (χ1v) is 9.30. The molecular formula is C14H25N3O2S2. The van der Waals surface area contributed by atoms with Crippen molar-refractivity contribution in [1.82, 2.24) is 15.5 Å². The zero-order valence-electron chi connectivity index (χ0n) is 13.1. The predicted molar refractivity (Wildman–Crippen MR) is 87.8 cm³/mol. The largest absolute Gasteiger partial charge is 0.465 e. The molecule has 0 saturated carbocycles.